The van der Waals surface area contributed by atoms with Crippen LogP contribution in [-0.2, 0) is 50.4 Å². The summed E-state index contributed by atoms with van der Waals surface area (Å²) >= 11 is 0. The van der Waals surface area contributed by atoms with Crippen LogP contribution in [0.1, 0.15) is 127 Å². The molecule has 1 amide bonds. The second-order valence-electron chi connectivity index (χ2n) is 27.3. The molecule has 0 saturated carbocycles. The number of morpholine rings is 1. The van der Waals surface area contributed by atoms with Gasteiger partial charge in [-0.1, -0.05) is 125 Å². The number of piperidine rings is 4. The Labute approximate surface area is 570 Å². The Morgan fingerprint density at radius 2 is 1.04 bits per heavy atom. The zero-order chi connectivity index (χ0) is 64.1. The van der Waals surface area contributed by atoms with E-state index in [2.05, 4.69) is 182 Å². The highest BCUT2D eigenvalue weighted by Gasteiger charge is 2.51. The number of benzene rings is 4. The summed E-state index contributed by atoms with van der Waals surface area (Å²) in [5.74, 6) is -0.0277. The van der Waals surface area contributed by atoms with Crippen LogP contribution in [0.5, 0.6) is 0 Å². The molecule has 7 saturated heterocycles. The fourth-order valence-corrected chi connectivity index (χ4v) is 14.3. The van der Waals surface area contributed by atoms with Crippen molar-refractivity contribution in [2.75, 3.05) is 130 Å². The van der Waals surface area contributed by atoms with E-state index in [0.717, 1.165) is 130 Å². The fraction of sp³-hybridized carbons (Fsp3) is 0.506. The van der Waals surface area contributed by atoms with Crippen LogP contribution >= 0.6 is 0 Å². The molecule has 11 aliphatic rings. The van der Waals surface area contributed by atoms with E-state index in [1.807, 2.05) is 18.2 Å². The maximum atomic E-state index is 12.3. The molecule has 0 bridgehead atoms. The average Bonchev–Trinajstić information content (AvgIpc) is 1.64. The summed E-state index contributed by atoms with van der Waals surface area (Å²) in [5, 5.41) is 4.40. The molecule has 1 aliphatic carbocycles. The summed E-state index contributed by atoms with van der Waals surface area (Å²) in [4.78, 5) is 28.9. The number of hydrogen-bond donors (Lipinski definition) is 10. The zero-order valence-corrected chi connectivity index (χ0v) is 55.6. The largest absolute Gasteiger partial charge is 0.468 e. The van der Waals surface area contributed by atoms with Crippen molar-refractivity contribution in [3.8, 4) is 0 Å². The monoisotopic (exact) mass is 1290 g/mol. The second-order valence-corrected chi connectivity index (χ2v) is 27.3. The van der Waals surface area contributed by atoms with Crippen molar-refractivity contribution in [1.29, 1.82) is 0 Å². The van der Waals surface area contributed by atoms with Crippen molar-refractivity contribution in [1.82, 2.24) is 10.3 Å². The second kappa shape index (κ2) is 38.6. The Morgan fingerprint density at radius 3 is 1.65 bits per heavy atom. The number of carbonyl (C=O) groups excluding carboxylic acids is 1. The molecule has 0 radical (unpaired) electrons. The molecular weight excluding hydrogens is 1170 g/mol. The van der Waals surface area contributed by atoms with E-state index >= 15 is 0 Å². The Balaban J connectivity index is 0.000000173. The van der Waals surface area contributed by atoms with E-state index in [4.69, 9.17) is 14.2 Å². The third-order valence-corrected chi connectivity index (χ3v) is 20.4. The summed E-state index contributed by atoms with van der Waals surface area (Å²) < 4.78 is 16.2. The lowest BCUT2D eigenvalue weighted by atomic mass is 9.75. The van der Waals surface area contributed by atoms with Gasteiger partial charge in [-0.3, -0.25) is 4.79 Å². The fourth-order valence-electron chi connectivity index (χ4n) is 14.3. The Morgan fingerprint density at radius 1 is 0.500 bits per heavy atom. The van der Waals surface area contributed by atoms with E-state index in [0.29, 0.717) is 12.1 Å². The quantitative estimate of drug-likeness (QED) is 0.0937. The number of hydrogen-bond acceptors (Lipinski definition) is 5. The minimum atomic E-state index is -0.345. The van der Waals surface area contributed by atoms with Gasteiger partial charge in [-0.05, 0) is 72.7 Å². The zero-order valence-electron chi connectivity index (χ0n) is 55.6. The molecule has 15 nitrogen and oxygen atoms in total. The molecule has 10 aliphatic heterocycles. The summed E-state index contributed by atoms with van der Waals surface area (Å²) in [6.07, 6.45) is 21.0. The molecule has 3 unspecified atom stereocenters. The topological polar surface area (TPSA) is 111 Å². The number of anilines is 1. The van der Waals surface area contributed by atoms with E-state index in [-0.39, 0.29) is 39.5 Å². The standard InChI is InChI=1S/C14H19N3O.C14H17N.C12H14N2.C10H13N.C8H15NO2.C7H13N.C6H13N.C5H11NO.3CH4/c1-16-9-7-14(8-10-16)13(18)15-11-17(14)12-5-3-2-4-6-12;1-15-10-8-14(9-11-15)7-6-12-4-2-3-5-13(12)14;1-14-7-6-10-9-4-2-3-5-11(9)13-12(10)8-14;1-11-7-6-9-4-2-3-5-10(9)8-11;1-9-4-2-8(3-5-9)10-6-7-11-8;1-7-3-5-8(2)6-4-7;1-7-5-3-2-4-6-7;1-6-2-4-7-5-3-6;;;/h2-6,16H,1,7-11H2,(H,15,18);2-7,15H,1,8-11H2;2-5,13-14H,1,6-8H2;2-5,11H,1,6-8H2;9H,1-7H2;3,8H,2,4-6H2,1H3;7H,1-6H2;6H,1-5H2;3*1H4. The van der Waals surface area contributed by atoms with Crippen LogP contribution in [0.4, 0.5) is 5.69 Å². The first kappa shape index (κ1) is 77.7. The minimum absolute atomic E-state index is 0. The van der Waals surface area contributed by atoms with Gasteiger partial charge in [0, 0.05) is 85.4 Å². The Hall–Kier alpha value is -5.27. The number of nitrogens with one attached hydrogen (secondary N) is 10. The third kappa shape index (κ3) is 22.1. The summed E-state index contributed by atoms with van der Waals surface area (Å²) in [5.41, 5.74) is 12.8. The van der Waals surface area contributed by atoms with Gasteiger partial charge >= 0.3 is 0 Å². The van der Waals surface area contributed by atoms with Crippen molar-refractivity contribution in [2.45, 2.75) is 136 Å². The molecule has 3 spiro atoms. The van der Waals surface area contributed by atoms with Gasteiger partial charge in [0.1, 0.15) is 5.54 Å². The van der Waals surface area contributed by atoms with Gasteiger partial charge in [0.05, 0.1) is 144 Å². The van der Waals surface area contributed by atoms with Gasteiger partial charge in [0.2, 0.25) is 5.91 Å². The molecule has 94 heavy (non-hydrogen) atoms. The van der Waals surface area contributed by atoms with Gasteiger partial charge in [-0.2, -0.15) is 56.4 Å². The van der Waals surface area contributed by atoms with Gasteiger partial charge in [0.15, 0.2) is 5.79 Å². The predicted octanol–water partition coefficient (Wildman–Crippen LogP) is 2.19. The summed E-state index contributed by atoms with van der Waals surface area (Å²) in [7, 11) is 31.8. The number of para-hydroxylation sites is 2. The van der Waals surface area contributed by atoms with Crippen LogP contribution in [-0.4, -0.2) is 147 Å². The normalized spacial score (nSPS) is 25.1. The smallest absolute Gasteiger partial charge is 0.247 e. The Bertz CT molecular complexity index is 3000. The summed E-state index contributed by atoms with van der Waals surface area (Å²) in [6, 6.07) is 36.2. The van der Waals surface area contributed by atoms with Crippen LogP contribution in [0.2, 0.25) is 0 Å². The van der Waals surface area contributed by atoms with Crippen LogP contribution in [0, 0.1) is 56.4 Å². The molecule has 522 valence electrons. The van der Waals surface area contributed by atoms with Crippen molar-refractivity contribution in [3.05, 3.63) is 211 Å². The van der Waals surface area contributed by atoms with Crippen molar-refractivity contribution >= 4 is 28.6 Å². The number of allylic oxidation sites excluding steroid dienone is 1. The number of nitrogens with zero attached hydrogens (tertiary/aromatic N) is 1. The minimum Gasteiger partial charge on any atom is -0.468 e. The van der Waals surface area contributed by atoms with Crippen molar-refractivity contribution in [2.24, 2.45) is 0 Å². The summed E-state index contributed by atoms with van der Waals surface area (Å²) in [6.45, 7) is 24.1. The molecule has 15 heteroatoms. The lowest BCUT2D eigenvalue weighted by molar-refractivity contribution is -0.870. The van der Waals surface area contributed by atoms with E-state index < -0.39 is 0 Å². The number of rotatable bonds is 1. The first-order valence-electron chi connectivity index (χ1n) is 34.5. The first-order chi connectivity index (χ1) is 44.1. The Kier molecular flexibility index (Phi) is 31.9. The highest BCUT2D eigenvalue weighted by atomic mass is 16.7. The van der Waals surface area contributed by atoms with Gasteiger partial charge in [-0.25, -0.2) is 0 Å². The molecule has 3 atom stereocenters. The maximum Gasteiger partial charge on any atom is 0.247 e. The highest BCUT2D eigenvalue weighted by molar-refractivity contribution is 5.93. The highest BCUT2D eigenvalue weighted by Crippen LogP contribution is 2.41. The van der Waals surface area contributed by atoms with Crippen molar-refractivity contribution < 1.29 is 58.2 Å². The third-order valence-electron chi connectivity index (χ3n) is 20.4. The van der Waals surface area contributed by atoms with E-state index in [1.165, 1.54) is 173 Å². The predicted molar refractivity (Wildman–Crippen MR) is 386 cm³/mol. The van der Waals surface area contributed by atoms with Crippen LogP contribution in [0.25, 0.3) is 17.0 Å². The van der Waals surface area contributed by atoms with Gasteiger partial charge < -0.3 is 68.6 Å². The molecule has 7 fully saturated rings. The van der Waals surface area contributed by atoms with E-state index in [9.17, 15) is 4.79 Å². The van der Waals surface area contributed by atoms with Crippen LogP contribution < -0.4 is 49.4 Å². The number of fused-ring (bicyclic) bond motifs is 6. The number of H-pyrrole nitrogens is 1. The number of aromatic nitrogens is 1. The average molecular weight is 1290 g/mol. The molecule has 11 heterocycles. The number of ether oxygens (including phenoxy) is 3. The molecule has 16 rings (SSSR count). The number of quaternary nitrogens is 8. The van der Waals surface area contributed by atoms with Gasteiger partial charge in [-0.15, -0.1) is 0 Å². The van der Waals surface area contributed by atoms with Crippen molar-refractivity contribution in [3.63, 3.8) is 0 Å². The molecule has 1 aromatic heterocycles. The lowest BCUT2D eigenvalue weighted by Gasteiger charge is -2.42. The molecule has 5 aromatic rings. The number of aromatic amines is 1. The number of carbonyl (C=O) groups is 1. The van der Waals surface area contributed by atoms with Gasteiger partial charge in [0.25, 0.3) is 0 Å². The van der Waals surface area contributed by atoms with E-state index in [1.54, 1.807) is 0 Å². The van der Waals surface area contributed by atoms with Crippen LogP contribution in [0.3, 0.4) is 0 Å². The van der Waals surface area contributed by atoms with Crippen LogP contribution in [0.15, 0.2) is 121 Å². The first-order valence-corrected chi connectivity index (χ1v) is 34.5. The maximum absolute atomic E-state index is 12.3. The molecular formula is C79H127N11O4. The lowest BCUT2D eigenvalue weighted by Crippen LogP contribution is -3.09. The number of amides is 1. The molecule has 4 aromatic carbocycles. The SMILES string of the molecule is C.C.C.[CH2-][NH+]1CC=C(C)CC1.[CH2-][NH+]1CCC2(C=Cc3ccccc32)CC1.[CH2-][NH+]1CCC2(CC1)C(=O)NCN2c1ccccc1.[CH2-][NH+]1CCC2(CC1)OCCO2.[CH2-][NH+]1CCCCC1.[CH2-][NH+]1CCOCC1.[CH2-][NH+]1CCc2c([nH]c3ccccc23)C1.[CH2-][NH+]1CCc2ccccc2C1. The number of likely N-dealkylation sites (tertiary alicyclic amines) is 4. The molecule has 10 N–H and O–H groups in total.